The Balaban J connectivity index is 1.58. The minimum absolute atomic E-state index is 0.246. The number of para-hydroxylation sites is 1. The van der Waals surface area contributed by atoms with Crippen molar-refractivity contribution < 1.29 is 4.79 Å². The van der Waals surface area contributed by atoms with E-state index in [4.69, 9.17) is 0 Å². The summed E-state index contributed by atoms with van der Waals surface area (Å²) >= 11 is 0. The number of carbonyl (C=O) groups is 1. The van der Waals surface area contributed by atoms with Crippen molar-refractivity contribution in [1.82, 2.24) is 9.97 Å². The first kappa shape index (κ1) is 17.7. The number of fused-ring (bicyclic) bond motifs is 1. The molecule has 4 aromatic rings. The molecule has 28 heavy (non-hydrogen) atoms. The second-order valence-electron chi connectivity index (χ2n) is 6.77. The Morgan fingerprint density at radius 3 is 2.43 bits per heavy atom. The standard InChI is InChI=1S/C23H20N4O/c1-15-11-16(2)13-19(12-15)27-23(28)21-14-18(8-10-24-21)26-20-7-3-5-17-6-4-9-25-22(17)20/h3-14H,1-2H3,(H,24,26)(H,27,28). The Morgan fingerprint density at radius 2 is 1.61 bits per heavy atom. The summed E-state index contributed by atoms with van der Waals surface area (Å²) in [7, 11) is 0. The van der Waals surface area contributed by atoms with Gasteiger partial charge in [0.2, 0.25) is 0 Å². The molecule has 0 radical (unpaired) electrons. The van der Waals surface area contributed by atoms with Crippen LogP contribution in [0, 0.1) is 13.8 Å². The van der Waals surface area contributed by atoms with Crippen LogP contribution in [0.4, 0.5) is 17.1 Å². The molecule has 0 atom stereocenters. The van der Waals surface area contributed by atoms with Crippen LogP contribution in [0.25, 0.3) is 10.9 Å². The molecule has 0 saturated carbocycles. The first-order valence-corrected chi connectivity index (χ1v) is 9.05. The predicted molar refractivity (Wildman–Crippen MR) is 113 cm³/mol. The molecule has 138 valence electrons. The fourth-order valence-electron chi connectivity index (χ4n) is 3.24. The van der Waals surface area contributed by atoms with Crippen molar-refractivity contribution in [2.45, 2.75) is 13.8 Å². The maximum atomic E-state index is 12.6. The largest absolute Gasteiger partial charge is 0.354 e. The fraction of sp³-hybridized carbons (Fsp3) is 0.0870. The minimum atomic E-state index is -0.246. The second kappa shape index (κ2) is 7.48. The van der Waals surface area contributed by atoms with Gasteiger partial charge in [-0.2, -0.15) is 0 Å². The first-order chi connectivity index (χ1) is 13.6. The second-order valence-corrected chi connectivity index (χ2v) is 6.77. The smallest absolute Gasteiger partial charge is 0.274 e. The summed E-state index contributed by atoms with van der Waals surface area (Å²) in [6.07, 6.45) is 3.39. The van der Waals surface area contributed by atoms with E-state index in [9.17, 15) is 4.79 Å². The van der Waals surface area contributed by atoms with Crippen molar-refractivity contribution in [1.29, 1.82) is 0 Å². The molecule has 0 aliphatic heterocycles. The highest BCUT2D eigenvalue weighted by Crippen LogP contribution is 2.25. The third-order valence-electron chi connectivity index (χ3n) is 4.38. The van der Waals surface area contributed by atoms with E-state index in [1.54, 1.807) is 18.5 Å². The highest BCUT2D eigenvalue weighted by atomic mass is 16.1. The molecule has 0 fully saturated rings. The zero-order chi connectivity index (χ0) is 19.5. The van der Waals surface area contributed by atoms with Crippen molar-refractivity contribution in [2.75, 3.05) is 10.6 Å². The number of amides is 1. The summed E-state index contributed by atoms with van der Waals surface area (Å²) in [6.45, 7) is 4.01. The third kappa shape index (κ3) is 3.83. The Hall–Kier alpha value is -3.73. The summed E-state index contributed by atoms with van der Waals surface area (Å²) in [6, 6.07) is 19.4. The lowest BCUT2D eigenvalue weighted by Gasteiger charge is -2.11. The fourth-order valence-corrected chi connectivity index (χ4v) is 3.24. The van der Waals surface area contributed by atoms with Crippen LogP contribution in [-0.2, 0) is 0 Å². The summed E-state index contributed by atoms with van der Waals surface area (Å²) in [4.78, 5) is 21.3. The SMILES string of the molecule is Cc1cc(C)cc(NC(=O)c2cc(Nc3cccc4cccnc34)ccn2)c1. The van der Waals surface area contributed by atoms with Crippen molar-refractivity contribution >= 4 is 33.9 Å². The van der Waals surface area contributed by atoms with E-state index >= 15 is 0 Å². The topological polar surface area (TPSA) is 66.9 Å². The van der Waals surface area contributed by atoms with Crippen molar-refractivity contribution in [3.05, 3.63) is 89.9 Å². The average molecular weight is 368 g/mol. The number of anilines is 3. The summed E-state index contributed by atoms with van der Waals surface area (Å²) < 4.78 is 0. The summed E-state index contributed by atoms with van der Waals surface area (Å²) in [5.41, 5.74) is 5.84. The Kier molecular flexibility index (Phi) is 4.72. The van der Waals surface area contributed by atoms with Crippen LogP contribution >= 0.6 is 0 Å². The number of hydrogen-bond donors (Lipinski definition) is 2. The highest BCUT2D eigenvalue weighted by Gasteiger charge is 2.10. The van der Waals surface area contributed by atoms with Crippen LogP contribution < -0.4 is 10.6 Å². The van der Waals surface area contributed by atoms with Gasteiger partial charge in [-0.15, -0.1) is 0 Å². The number of nitrogens with one attached hydrogen (secondary N) is 2. The van der Waals surface area contributed by atoms with Gasteiger partial charge < -0.3 is 10.6 Å². The Labute approximate surface area is 163 Å². The van der Waals surface area contributed by atoms with Crippen LogP contribution in [-0.4, -0.2) is 15.9 Å². The van der Waals surface area contributed by atoms with Gasteiger partial charge in [-0.25, -0.2) is 0 Å². The lowest BCUT2D eigenvalue weighted by molar-refractivity contribution is 0.102. The van der Waals surface area contributed by atoms with Gasteiger partial charge >= 0.3 is 0 Å². The third-order valence-corrected chi connectivity index (χ3v) is 4.38. The van der Waals surface area contributed by atoms with Gasteiger partial charge in [-0.3, -0.25) is 14.8 Å². The molecule has 2 heterocycles. The molecule has 2 aromatic heterocycles. The van der Waals surface area contributed by atoms with E-state index in [-0.39, 0.29) is 5.91 Å². The molecule has 0 spiro atoms. The molecule has 5 heteroatoms. The maximum absolute atomic E-state index is 12.6. The van der Waals surface area contributed by atoms with Gasteiger partial charge in [0.25, 0.3) is 5.91 Å². The van der Waals surface area contributed by atoms with Crippen LogP contribution in [0.5, 0.6) is 0 Å². The van der Waals surface area contributed by atoms with E-state index in [0.717, 1.165) is 39.1 Å². The van der Waals surface area contributed by atoms with Crippen LogP contribution in [0.1, 0.15) is 21.6 Å². The van der Waals surface area contributed by atoms with Gasteiger partial charge in [0.1, 0.15) is 5.69 Å². The molecular weight excluding hydrogens is 348 g/mol. The normalized spacial score (nSPS) is 10.6. The quantitative estimate of drug-likeness (QED) is 0.517. The highest BCUT2D eigenvalue weighted by molar-refractivity contribution is 6.03. The van der Waals surface area contributed by atoms with Gasteiger partial charge in [0, 0.05) is 29.2 Å². The Morgan fingerprint density at radius 1 is 0.821 bits per heavy atom. The number of rotatable bonds is 4. The molecule has 0 saturated heterocycles. The van der Waals surface area contributed by atoms with Crippen molar-refractivity contribution in [3.63, 3.8) is 0 Å². The summed E-state index contributed by atoms with van der Waals surface area (Å²) in [5.74, 6) is -0.246. The lowest BCUT2D eigenvalue weighted by atomic mass is 10.1. The maximum Gasteiger partial charge on any atom is 0.274 e. The van der Waals surface area contributed by atoms with Crippen LogP contribution in [0.3, 0.4) is 0 Å². The number of benzene rings is 2. The lowest BCUT2D eigenvalue weighted by Crippen LogP contribution is -2.14. The monoisotopic (exact) mass is 368 g/mol. The summed E-state index contributed by atoms with van der Waals surface area (Å²) in [5, 5.41) is 7.31. The molecule has 2 aromatic carbocycles. The van der Waals surface area contributed by atoms with Crippen molar-refractivity contribution in [2.24, 2.45) is 0 Å². The number of hydrogen-bond acceptors (Lipinski definition) is 4. The van der Waals surface area contributed by atoms with Gasteiger partial charge in [0.15, 0.2) is 0 Å². The van der Waals surface area contributed by atoms with Crippen molar-refractivity contribution in [3.8, 4) is 0 Å². The first-order valence-electron chi connectivity index (χ1n) is 9.05. The minimum Gasteiger partial charge on any atom is -0.354 e. The zero-order valence-corrected chi connectivity index (χ0v) is 15.7. The molecule has 0 aliphatic carbocycles. The molecule has 0 bridgehead atoms. The Bertz CT molecular complexity index is 1140. The van der Waals surface area contributed by atoms with Crippen LogP contribution in [0.2, 0.25) is 0 Å². The average Bonchev–Trinajstić information content (AvgIpc) is 2.68. The number of nitrogens with zero attached hydrogens (tertiary/aromatic N) is 2. The van der Waals surface area contributed by atoms with Gasteiger partial charge in [-0.05, 0) is 61.4 Å². The molecule has 1 amide bonds. The van der Waals surface area contributed by atoms with E-state index < -0.39 is 0 Å². The van der Waals surface area contributed by atoms with E-state index in [2.05, 4.69) is 26.7 Å². The predicted octanol–water partition coefficient (Wildman–Crippen LogP) is 5.24. The number of carbonyl (C=O) groups excluding carboxylic acids is 1. The number of aryl methyl sites for hydroxylation is 2. The van der Waals surface area contributed by atoms with Crippen LogP contribution in [0.15, 0.2) is 73.1 Å². The number of aromatic nitrogens is 2. The van der Waals surface area contributed by atoms with E-state index in [1.807, 2.05) is 62.4 Å². The zero-order valence-electron chi connectivity index (χ0n) is 15.7. The van der Waals surface area contributed by atoms with Gasteiger partial charge in [0.05, 0.1) is 11.2 Å². The van der Waals surface area contributed by atoms with Gasteiger partial charge in [-0.1, -0.05) is 24.3 Å². The molecular formula is C23H20N4O. The molecule has 0 unspecified atom stereocenters. The van der Waals surface area contributed by atoms with E-state index in [0.29, 0.717) is 5.69 Å². The molecule has 4 rings (SSSR count). The van der Waals surface area contributed by atoms with E-state index in [1.165, 1.54) is 0 Å². The molecule has 0 aliphatic rings. The molecule has 5 nitrogen and oxygen atoms in total. The number of pyridine rings is 2. The molecule has 2 N–H and O–H groups in total.